The lowest BCUT2D eigenvalue weighted by Gasteiger charge is -2.19. The largest absolute Gasteiger partial charge is 0.480 e. The van der Waals surface area contributed by atoms with Crippen LogP contribution in [0.3, 0.4) is 0 Å². The summed E-state index contributed by atoms with van der Waals surface area (Å²) in [6.07, 6.45) is 0.637. The Bertz CT molecular complexity index is 665. The lowest BCUT2D eigenvalue weighted by Crippen LogP contribution is -2.36. The molecular formula is C13H15N3O3. The van der Waals surface area contributed by atoms with Crippen molar-refractivity contribution in [3.8, 4) is 0 Å². The quantitative estimate of drug-likeness (QED) is 0.900. The summed E-state index contributed by atoms with van der Waals surface area (Å²) in [6.45, 7) is 3.65. The molecule has 1 aromatic heterocycles. The van der Waals surface area contributed by atoms with Crippen LogP contribution in [0.2, 0.25) is 0 Å². The molecule has 1 N–H and O–H groups in total. The van der Waals surface area contributed by atoms with Crippen LogP contribution in [0.25, 0.3) is 10.9 Å². The van der Waals surface area contributed by atoms with Crippen molar-refractivity contribution in [1.29, 1.82) is 0 Å². The zero-order valence-electron chi connectivity index (χ0n) is 10.8. The SMILES string of the molecule is CC[C@H](C)[C@@H](C(=O)O)n1nnc2ccccc2c1=O. The Hall–Kier alpha value is -2.24. The first-order chi connectivity index (χ1) is 9.06. The molecule has 0 fully saturated rings. The Morgan fingerprint density at radius 1 is 1.42 bits per heavy atom. The van der Waals surface area contributed by atoms with Gasteiger partial charge in [0.2, 0.25) is 0 Å². The fourth-order valence-corrected chi connectivity index (χ4v) is 2.00. The van der Waals surface area contributed by atoms with Crippen molar-refractivity contribution >= 4 is 16.9 Å². The Kier molecular flexibility index (Phi) is 3.59. The van der Waals surface area contributed by atoms with Gasteiger partial charge in [-0.15, -0.1) is 5.10 Å². The van der Waals surface area contributed by atoms with E-state index in [2.05, 4.69) is 10.3 Å². The van der Waals surface area contributed by atoms with Gasteiger partial charge in [0.25, 0.3) is 5.56 Å². The van der Waals surface area contributed by atoms with Gasteiger partial charge in [-0.2, -0.15) is 4.68 Å². The van der Waals surface area contributed by atoms with E-state index in [9.17, 15) is 14.7 Å². The van der Waals surface area contributed by atoms with Crippen LogP contribution in [-0.4, -0.2) is 26.1 Å². The molecule has 0 amide bonds. The van der Waals surface area contributed by atoms with Crippen molar-refractivity contribution in [2.75, 3.05) is 0 Å². The second-order valence-corrected chi connectivity index (χ2v) is 4.52. The van der Waals surface area contributed by atoms with Crippen molar-refractivity contribution in [2.24, 2.45) is 5.92 Å². The Morgan fingerprint density at radius 3 is 2.74 bits per heavy atom. The lowest BCUT2D eigenvalue weighted by atomic mass is 9.99. The molecule has 0 saturated carbocycles. The highest BCUT2D eigenvalue weighted by Gasteiger charge is 2.28. The number of carbonyl (C=O) groups is 1. The van der Waals surface area contributed by atoms with Crippen molar-refractivity contribution in [2.45, 2.75) is 26.3 Å². The van der Waals surface area contributed by atoms with Crippen LogP contribution in [0.15, 0.2) is 29.1 Å². The van der Waals surface area contributed by atoms with Crippen molar-refractivity contribution in [3.63, 3.8) is 0 Å². The van der Waals surface area contributed by atoms with E-state index >= 15 is 0 Å². The maximum absolute atomic E-state index is 12.3. The molecule has 2 rings (SSSR count). The van der Waals surface area contributed by atoms with Crippen LogP contribution in [0.1, 0.15) is 26.3 Å². The number of hydrogen-bond acceptors (Lipinski definition) is 4. The van der Waals surface area contributed by atoms with Crippen LogP contribution >= 0.6 is 0 Å². The summed E-state index contributed by atoms with van der Waals surface area (Å²) in [5.74, 6) is -1.27. The molecule has 0 bridgehead atoms. The van der Waals surface area contributed by atoms with E-state index in [1.54, 1.807) is 31.2 Å². The number of carboxylic acids is 1. The number of rotatable bonds is 4. The van der Waals surface area contributed by atoms with Crippen molar-refractivity contribution in [1.82, 2.24) is 15.0 Å². The third-order valence-electron chi connectivity index (χ3n) is 3.29. The van der Waals surface area contributed by atoms with Gasteiger partial charge in [-0.1, -0.05) is 37.6 Å². The maximum atomic E-state index is 12.3. The lowest BCUT2D eigenvalue weighted by molar-refractivity contribution is -0.143. The Morgan fingerprint density at radius 2 is 2.11 bits per heavy atom. The van der Waals surface area contributed by atoms with Crippen LogP contribution < -0.4 is 5.56 Å². The standard InChI is InChI=1S/C13H15N3O3/c1-3-8(2)11(13(18)19)16-12(17)9-6-4-5-7-10(9)14-15-16/h4-8,11H,3H2,1-2H3,(H,18,19)/t8-,11-/m0/s1. The summed E-state index contributed by atoms with van der Waals surface area (Å²) >= 11 is 0. The van der Waals surface area contributed by atoms with E-state index in [1.165, 1.54) is 0 Å². The molecule has 0 radical (unpaired) electrons. The van der Waals surface area contributed by atoms with Gasteiger partial charge < -0.3 is 5.11 Å². The second kappa shape index (κ2) is 5.17. The molecule has 0 spiro atoms. The van der Waals surface area contributed by atoms with Gasteiger partial charge in [0.05, 0.1) is 5.39 Å². The number of aliphatic carboxylic acids is 1. The molecule has 6 nitrogen and oxygen atoms in total. The first-order valence-corrected chi connectivity index (χ1v) is 6.13. The molecule has 0 aliphatic heterocycles. The van der Waals surface area contributed by atoms with E-state index in [4.69, 9.17) is 0 Å². The number of carboxylic acid groups (broad SMARTS) is 1. The third kappa shape index (κ3) is 2.33. The van der Waals surface area contributed by atoms with E-state index in [0.717, 1.165) is 4.68 Å². The number of aromatic nitrogens is 3. The molecule has 6 heteroatoms. The van der Waals surface area contributed by atoms with Crippen LogP contribution in [-0.2, 0) is 4.79 Å². The normalized spacial score (nSPS) is 14.2. The maximum Gasteiger partial charge on any atom is 0.328 e. The summed E-state index contributed by atoms with van der Waals surface area (Å²) in [5, 5.41) is 17.4. The van der Waals surface area contributed by atoms with Gasteiger partial charge in [-0.3, -0.25) is 4.79 Å². The average Bonchev–Trinajstić information content (AvgIpc) is 2.41. The molecule has 0 unspecified atom stereocenters. The smallest absolute Gasteiger partial charge is 0.328 e. The summed E-state index contributed by atoms with van der Waals surface area (Å²) in [6, 6.07) is 5.78. The molecule has 1 heterocycles. The predicted molar refractivity (Wildman–Crippen MR) is 69.9 cm³/mol. The van der Waals surface area contributed by atoms with Gasteiger partial charge in [0, 0.05) is 0 Å². The van der Waals surface area contributed by atoms with E-state index in [0.29, 0.717) is 17.3 Å². The molecule has 1 aromatic carbocycles. The summed E-state index contributed by atoms with van der Waals surface area (Å²) in [4.78, 5) is 23.7. The van der Waals surface area contributed by atoms with Crippen molar-refractivity contribution < 1.29 is 9.90 Å². The van der Waals surface area contributed by atoms with E-state index < -0.39 is 17.6 Å². The molecule has 2 atom stereocenters. The molecule has 100 valence electrons. The summed E-state index contributed by atoms with van der Waals surface area (Å²) in [7, 11) is 0. The predicted octanol–water partition coefficient (Wildman–Crippen LogP) is 1.46. The van der Waals surface area contributed by atoms with E-state index in [-0.39, 0.29) is 5.92 Å². The third-order valence-corrected chi connectivity index (χ3v) is 3.29. The number of fused-ring (bicyclic) bond motifs is 1. The monoisotopic (exact) mass is 261 g/mol. The van der Waals surface area contributed by atoms with Crippen molar-refractivity contribution in [3.05, 3.63) is 34.6 Å². The molecule has 19 heavy (non-hydrogen) atoms. The molecule has 0 saturated heterocycles. The van der Waals surface area contributed by atoms with E-state index in [1.807, 2.05) is 6.92 Å². The highest BCUT2D eigenvalue weighted by molar-refractivity contribution is 5.77. The second-order valence-electron chi connectivity index (χ2n) is 4.52. The zero-order valence-corrected chi connectivity index (χ0v) is 10.8. The first kappa shape index (κ1) is 13.2. The van der Waals surface area contributed by atoms with Crippen LogP contribution in [0, 0.1) is 5.92 Å². The molecular weight excluding hydrogens is 246 g/mol. The topological polar surface area (TPSA) is 85.1 Å². The highest BCUT2D eigenvalue weighted by atomic mass is 16.4. The summed E-state index contributed by atoms with van der Waals surface area (Å²) in [5.41, 5.74) is 0.0512. The summed E-state index contributed by atoms with van der Waals surface area (Å²) < 4.78 is 0.971. The highest BCUT2D eigenvalue weighted by Crippen LogP contribution is 2.19. The number of benzene rings is 1. The minimum atomic E-state index is -1.07. The van der Waals surface area contributed by atoms with Gasteiger partial charge in [0.1, 0.15) is 5.52 Å². The van der Waals surface area contributed by atoms with Gasteiger partial charge >= 0.3 is 5.97 Å². The van der Waals surface area contributed by atoms with Gasteiger partial charge in [-0.05, 0) is 18.1 Å². The zero-order chi connectivity index (χ0) is 14.0. The van der Waals surface area contributed by atoms with Crippen LogP contribution in [0.5, 0.6) is 0 Å². The molecule has 0 aliphatic rings. The fraction of sp³-hybridized carbons (Fsp3) is 0.385. The number of hydrogen-bond donors (Lipinski definition) is 1. The molecule has 0 aliphatic carbocycles. The van der Waals surface area contributed by atoms with Gasteiger partial charge in [0.15, 0.2) is 6.04 Å². The average molecular weight is 261 g/mol. The number of nitrogens with zero attached hydrogens (tertiary/aromatic N) is 3. The molecule has 2 aromatic rings. The Balaban J connectivity index is 2.64. The fourth-order valence-electron chi connectivity index (χ4n) is 2.00. The first-order valence-electron chi connectivity index (χ1n) is 6.13. The van der Waals surface area contributed by atoms with Crippen LogP contribution in [0.4, 0.5) is 0 Å². The Labute approximate surface area is 109 Å². The minimum Gasteiger partial charge on any atom is -0.480 e. The minimum absolute atomic E-state index is 0.203. The van der Waals surface area contributed by atoms with Gasteiger partial charge in [-0.25, -0.2) is 4.79 Å².